The SMILES string of the molecule is CCC1(CC(=O)O)CCCC/C1=C\Cc1c(O)c2c(c(C)c1OC)COC2=O. The molecule has 1 saturated carbocycles. The first-order chi connectivity index (χ1) is 13.3. The second-order valence-corrected chi connectivity index (χ2v) is 7.76. The van der Waals surface area contributed by atoms with Crippen LogP contribution in [-0.2, 0) is 22.6 Å². The molecule has 0 amide bonds. The third kappa shape index (κ3) is 3.36. The largest absolute Gasteiger partial charge is 0.507 e. The van der Waals surface area contributed by atoms with Crippen LogP contribution in [0.2, 0.25) is 0 Å². The van der Waals surface area contributed by atoms with E-state index in [-0.39, 0.29) is 29.8 Å². The average Bonchev–Trinajstić information content (AvgIpc) is 3.06. The Hall–Kier alpha value is -2.50. The smallest absolute Gasteiger partial charge is 0.342 e. The number of allylic oxidation sites excluding steroid dienone is 2. The molecule has 0 spiro atoms. The summed E-state index contributed by atoms with van der Waals surface area (Å²) in [5, 5.41) is 20.2. The van der Waals surface area contributed by atoms with Gasteiger partial charge < -0.3 is 19.7 Å². The summed E-state index contributed by atoms with van der Waals surface area (Å²) in [6.07, 6.45) is 7.08. The zero-order valence-electron chi connectivity index (χ0n) is 16.8. The van der Waals surface area contributed by atoms with E-state index in [1.54, 1.807) is 7.11 Å². The van der Waals surface area contributed by atoms with Gasteiger partial charge in [-0.05, 0) is 44.6 Å². The molecule has 3 rings (SSSR count). The van der Waals surface area contributed by atoms with Crippen molar-refractivity contribution in [3.63, 3.8) is 0 Å². The number of hydrogen-bond acceptors (Lipinski definition) is 5. The monoisotopic (exact) mass is 388 g/mol. The van der Waals surface area contributed by atoms with Crippen LogP contribution in [0, 0.1) is 12.3 Å². The van der Waals surface area contributed by atoms with Crippen molar-refractivity contribution in [2.24, 2.45) is 5.41 Å². The molecule has 1 aromatic rings. The molecule has 6 nitrogen and oxygen atoms in total. The van der Waals surface area contributed by atoms with E-state index in [1.165, 1.54) is 0 Å². The fourth-order valence-corrected chi connectivity index (χ4v) is 4.80. The number of methoxy groups -OCH3 is 1. The number of cyclic esters (lactones) is 1. The molecule has 1 heterocycles. The van der Waals surface area contributed by atoms with E-state index >= 15 is 0 Å². The summed E-state index contributed by atoms with van der Waals surface area (Å²) < 4.78 is 10.6. The summed E-state index contributed by atoms with van der Waals surface area (Å²) in [6.45, 7) is 4.04. The molecule has 1 fully saturated rings. The van der Waals surface area contributed by atoms with Gasteiger partial charge in [0, 0.05) is 16.5 Å². The van der Waals surface area contributed by atoms with Gasteiger partial charge in [-0.1, -0.05) is 25.0 Å². The number of carbonyl (C=O) groups excluding carboxylic acids is 1. The van der Waals surface area contributed by atoms with E-state index in [2.05, 4.69) is 0 Å². The van der Waals surface area contributed by atoms with E-state index in [4.69, 9.17) is 9.47 Å². The summed E-state index contributed by atoms with van der Waals surface area (Å²) in [4.78, 5) is 23.5. The highest BCUT2D eigenvalue weighted by Crippen LogP contribution is 2.47. The van der Waals surface area contributed by atoms with Gasteiger partial charge in [0.2, 0.25) is 0 Å². The molecule has 6 heteroatoms. The minimum atomic E-state index is -0.786. The van der Waals surface area contributed by atoms with Gasteiger partial charge >= 0.3 is 11.9 Å². The first kappa shape index (κ1) is 20.2. The van der Waals surface area contributed by atoms with Crippen molar-refractivity contribution in [1.82, 2.24) is 0 Å². The third-order valence-electron chi connectivity index (χ3n) is 6.40. The van der Waals surface area contributed by atoms with Crippen LogP contribution in [0.1, 0.15) is 72.5 Å². The van der Waals surface area contributed by atoms with Crippen molar-refractivity contribution in [3.8, 4) is 11.5 Å². The van der Waals surface area contributed by atoms with Crippen molar-refractivity contribution < 1.29 is 29.3 Å². The van der Waals surface area contributed by atoms with Crippen LogP contribution in [0.5, 0.6) is 11.5 Å². The van der Waals surface area contributed by atoms with Gasteiger partial charge in [-0.3, -0.25) is 4.79 Å². The Morgan fingerprint density at radius 1 is 1.36 bits per heavy atom. The van der Waals surface area contributed by atoms with Crippen LogP contribution in [0.25, 0.3) is 0 Å². The predicted octanol–water partition coefficient (Wildman–Crippen LogP) is 4.29. The number of esters is 1. The first-order valence-corrected chi connectivity index (χ1v) is 9.84. The Morgan fingerprint density at radius 3 is 2.75 bits per heavy atom. The molecule has 1 aliphatic carbocycles. The molecule has 2 aliphatic rings. The predicted molar refractivity (Wildman–Crippen MR) is 104 cm³/mol. The average molecular weight is 388 g/mol. The van der Waals surface area contributed by atoms with Gasteiger partial charge in [0.1, 0.15) is 23.7 Å². The van der Waals surface area contributed by atoms with Crippen LogP contribution < -0.4 is 4.74 Å². The van der Waals surface area contributed by atoms with Crippen LogP contribution in [0.4, 0.5) is 0 Å². The highest BCUT2D eigenvalue weighted by Gasteiger charge is 2.37. The quantitative estimate of drug-likeness (QED) is 0.558. The standard InChI is InChI=1S/C22H28O6/c1-4-22(11-17(23)24)10-6-5-7-14(22)8-9-15-19(25)18-16(12-28-21(18)26)13(2)20(15)27-3/h8,25H,4-7,9-12H2,1-3H3,(H,23,24)/b14-8+. The number of fused-ring (bicyclic) bond motifs is 1. The molecule has 2 N–H and O–H groups in total. The topological polar surface area (TPSA) is 93.1 Å². The fourth-order valence-electron chi connectivity index (χ4n) is 4.80. The molecule has 1 unspecified atom stereocenters. The third-order valence-corrected chi connectivity index (χ3v) is 6.40. The molecule has 1 aliphatic heterocycles. The number of aromatic hydroxyl groups is 1. The number of benzene rings is 1. The van der Waals surface area contributed by atoms with Crippen molar-refractivity contribution in [2.45, 2.75) is 65.4 Å². The lowest BCUT2D eigenvalue weighted by Crippen LogP contribution is -2.29. The molecular formula is C22H28O6. The van der Waals surface area contributed by atoms with Gasteiger partial charge in [0.25, 0.3) is 0 Å². The normalized spacial score (nSPS) is 22.8. The summed E-state index contributed by atoms with van der Waals surface area (Å²) in [5.41, 5.74) is 3.04. The number of carboxylic acids is 1. The Kier molecular flexibility index (Phi) is 5.68. The first-order valence-electron chi connectivity index (χ1n) is 9.84. The van der Waals surface area contributed by atoms with Gasteiger partial charge in [0.05, 0.1) is 13.5 Å². The van der Waals surface area contributed by atoms with Crippen LogP contribution >= 0.6 is 0 Å². The molecule has 0 radical (unpaired) electrons. The lowest BCUT2D eigenvalue weighted by molar-refractivity contribution is -0.139. The van der Waals surface area contributed by atoms with Crippen molar-refractivity contribution in [3.05, 3.63) is 33.9 Å². The van der Waals surface area contributed by atoms with Gasteiger partial charge in [-0.25, -0.2) is 4.79 Å². The Labute approximate surface area is 165 Å². The molecule has 0 bridgehead atoms. The molecule has 28 heavy (non-hydrogen) atoms. The van der Waals surface area contributed by atoms with E-state index in [0.29, 0.717) is 23.3 Å². The number of phenolic OH excluding ortho intramolecular Hbond substituents is 1. The molecule has 1 atom stereocenters. The minimum absolute atomic E-state index is 0.0899. The molecular weight excluding hydrogens is 360 g/mol. The van der Waals surface area contributed by atoms with Gasteiger partial charge in [-0.2, -0.15) is 0 Å². The highest BCUT2D eigenvalue weighted by molar-refractivity contribution is 5.98. The van der Waals surface area contributed by atoms with Gasteiger partial charge in [0.15, 0.2) is 0 Å². The number of carboxylic acid groups (broad SMARTS) is 1. The maximum absolute atomic E-state index is 12.1. The van der Waals surface area contributed by atoms with E-state index < -0.39 is 11.9 Å². The van der Waals surface area contributed by atoms with Crippen molar-refractivity contribution >= 4 is 11.9 Å². The lowest BCUT2D eigenvalue weighted by atomic mass is 9.66. The Balaban J connectivity index is 2.03. The summed E-state index contributed by atoms with van der Waals surface area (Å²) >= 11 is 0. The number of carbonyl (C=O) groups is 2. The molecule has 0 saturated heterocycles. The maximum Gasteiger partial charge on any atom is 0.342 e. The number of ether oxygens (including phenoxy) is 2. The number of rotatable bonds is 6. The van der Waals surface area contributed by atoms with Crippen LogP contribution in [0.3, 0.4) is 0 Å². The Bertz CT molecular complexity index is 838. The highest BCUT2D eigenvalue weighted by atomic mass is 16.5. The van der Waals surface area contributed by atoms with Crippen LogP contribution in [0.15, 0.2) is 11.6 Å². The zero-order chi connectivity index (χ0) is 20.5. The molecule has 1 aromatic carbocycles. The van der Waals surface area contributed by atoms with Crippen molar-refractivity contribution in [1.29, 1.82) is 0 Å². The summed E-state index contributed by atoms with van der Waals surface area (Å²) in [6, 6.07) is 0. The minimum Gasteiger partial charge on any atom is -0.507 e. The second kappa shape index (κ2) is 7.86. The maximum atomic E-state index is 12.1. The molecule has 152 valence electrons. The second-order valence-electron chi connectivity index (χ2n) is 7.76. The molecule has 0 aromatic heterocycles. The summed E-state index contributed by atoms with van der Waals surface area (Å²) in [7, 11) is 1.55. The number of aliphatic carboxylic acids is 1. The van der Waals surface area contributed by atoms with E-state index in [9.17, 15) is 19.8 Å². The zero-order valence-corrected chi connectivity index (χ0v) is 16.8. The number of phenols is 1. The fraction of sp³-hybridized carbons (Fsp3) is 0.545. The van der Waals surface area contributed by atoms with E-state index in [0.717, 1.165) is 43.2 Å². The Morgan fingerprint density at radius 2 is 2.11 bits per heavy atom. The summed E-state index contributed by atoms with van der Waals surface area (Å²) in [5.74, 6) is -0.833. The van der Waals surface area contributed by atoms with Gasteiger partial charge in [-0.15, -0.1) is 0 Å². The lowest BCUT2D eigenvalue weighted by Gasteiger charge is -2.38. The van der Waals surface area contributed by atoms with Crippen molar-refractivity contribution in [2.75, 3.05) is 7.11 Å². The van der Waals surface area contributed by atoms with Crippen LogP contribution in [-0.4, -0.2) is 29.3 Å². The van der Waals surface area contributed by atoms with E-state index in [1.807, 2.05) is 19.9 Å². The number of hydrogen-bond donors (Lipinski definition) is 2.